The lowest BCUT2D eigenvalue weighted by molar-refractivity contribution is 0.114. The molecule has 7 nitrogen and oxygen atoms in total. The number of nitrogens with zero attached hydrogens (tertiary/aromatic N) is 3. The van der Waals surface area contributed by atoms with Crippen LogP contribution in [0.3, 0.4) is 0 Å². The highest BCUT2D eigenvalue weighted by Gasteiger charge is 2.11. The number of nitrogens with one attached hydrogen (secondary N) is 2. The molecule has 1 aromatic heterocycles. The van der Waals surface area contributed by atoms with E-state index in [4.69, 9.17) is 4.74 Å². The molecule has 2 aromatic carbocycles. The van der Waals surface area contributed by atoms with Crippen molar-refractivity contribution in [2.75, 3.05) is 19.7 Å². The number of halogens is 1. The maximum atomic E-state index is 12.9. The van der Waals surface area contributed by atoms with Gasteiger partial charge < -0.3 is 20.5 Å². The number of aliphatic imine (C=N–C) groups is 1. The second-order valence-electron chi connectivity index (χ2n) is 7.05. The molecule has 0 fully saturated rings. The van der Waals surface area contributed by atoms with E-state index >= 15 is 0 Å². The lowest BCUT2D eigenvalue weighted by Gasteiger charge is -2.19. The first-order valence-corrected chi connectivity index (χ1v) is 10.3. The number of guanidine groups is 1. The van der Waals surface area contributed by atoms with E-state index in [2.05, 4.69) is 26.8 Å². The summed E-state index contributed by atoms with van der Waals surface area (Å²) < 4.78 is 20.2. The van der Waals surface area contributed by atoms with Crippen molar-refractivity contribution in [2.24, 2.45) is 4.99 Å². The van der Waals surface area contributed by atoms with E-state index in [0.29, 0.717) is 18.3 Å². The Morgan fingerprint density at radius 1 is 1.23 bits per heavy atom. The average molecular weight is 426 g/mol. The van der Waals surface area contributed by atoms with Crippen molar-refractivity contribution in [2.45, 2.75) is 26.0 Å². The van der Waals surface area contributed by atoms with Gasteiger partial charge in [0.15, 0.2) is 5.96 Å². The third-order valence-electron chi connectivity index (χ3n) is 4.55. The van der Waals surface area contributed by atoms with Crippen LogP contribution in [-0.2, 0) is 0 Å². The lowest BCUT2D eigenvalue weighted by atomic mass is 10.1. The Hall–Kier alpha value is -3.39. The van der Waals surface area contributed by atoms with Gasteiger partial charge in [-0.25, -0.2) is 9.07 Å². The second kappa shape index (κ2) is 11.1. The van der Waals surface area contributed by atoms with Crippen molar-refractivity contribution in [1.82, 2.24) is 20.4 Å². The predicted octanol–water partition coefficient (Wildman–Crippen LogP) is 3.07. The van der Waals surface area contributed by atoms with E-state index in [0.717, 1.165) is 11.3 Å². The van der Waals surface area contributed by atoms with Crippen LogP contribution < -0.4 is 15.4 Å². The topological polar surface area (TPSA) is 83.7 Å². The van der Waals surface area contributed by atoms with Crippen molar-refractivity contribution < 1.29 is 14.2 Å². The summed E-state index contributed by atoms with van der Waals surface area (Å²) in [6.07, 6.45) is 2.85. The van der Waals surface area contributed by atoms with Crippen LogP contribution in [-0.4, -0.2) is 46.6 Å². The van der Waals surface area contributed by atoms with E-state index in [-0.39, 0.29) is 25.0 Å². The minimum Gasteiger partial charge on any atom is -0.491 e. The lowest BCUT2D eigenvalue weighted by Crippen LogP contribution is -2.39. The molecule has 0 radical (unpaired) electrons. The molecule has 3 rings (SSSR count). The largest absolute Gasteiger partial charge is 0.491 e. The number of rotatable bonds is 9. The molecule has 2 atom stereocenters. The van der Waals surface area contributed by atoms with E-state index in [1.165, 1.54) is 24.3 Å². The van der Waals surface area contributed by atoms with Crippen molar-refractivity contribution >= 4 is 5.96 Å². The number of hydrogen-bond acceptors (Lipinski definition) is 4. The van der Waals surface area contributed by atoms with Crippen LogP contribution in [0.1, 0.15) is 25.5 Å². The van der Waals surface area contributed by atoms with E-state index in [9.17, 15) is 9.50 Å². The fourth-order valence-electron chi connectivity index (χ4n) is 2.94. The van der Waals surface area contributed by atoms with Gasteiger partial charge in [-0.2, -0.15) is 5.10 Å². The molecule has 164 valence electrons. The van der Waals surface area contributed by atoms with E-state index < -0.39 is 6.10 Å². The first-order chi connectivity index (χ1) is 15.0. The van der Waals surface area contributed by atoms with Gasteiger partial charge in [0, 0.05) is 18.9 Å². The quantitative estimate of drug-likeness (QED) is 0.363. The third-order valence-corrected chi connectivity index (χ3v) is 4.55. The van der Waals surface area contributed by atoms with Crippen LogP contribution in [0, 0.1) is 5.82 Å². The molecule has 0 aliphatic carbocycles. The molecular formula is C23H28FN5O2. The number of aliphatic hydroxyl groups excluding tert-OH is 1. The summed E-state index contributed by atoms with van der Waals surface area (Å²) in [5.74, 6) is 0.767. The summed E-state index contributed by atoms with van der Waals surface area (Å²) in [6, 6.07) is 15.7. The van der Waals surface area contributed by atoms with Gasteiger partial charge >= 0.3 is 0 Å². The zero-order chi connectivity index (χ0) is 22.1. The van der Waals surface area contributed by atoms with Gasteiger partial charge in [0.2, 0.25) is 0 Å². The van der Waals surface area contributed by atoms with Gasteiger partial charge in [0.25, 0.3) is 0 Å². The van der Waals surface area contributed by atoms with Crippen LogP contribution in [0.25, 0.3) is 5.69 Å². The number of benzene rings is 2. The number of hydrogen-bond donors (Lipinski definition) is 3. The van der Waals surface area contributed by atoms with Crippen LogP contribution in [0.15, 0.2) is 72.0 Å². The Bertz CT molecular complexity index is 960. The van der Waals surface area contributed by atoms with Crippen LogP contribution in [0.5, 0.6) is 5.75 Å². The van der Waals surface area contributed by atoms with Gasteiger partial charge in [-0.1, -0.05) is 12.1 Å². The molecule has 0 aliphatic heterocycles. The minimum absolute atomic E-state index is 0.0130. The summed E-state index contributed by atoms with van der Waals surface area (Å²) in [6.45, 7) is 4.94. The zero-order valence-electron chi connectivity index (χ0n) is 17.7. The maximum Gasteiger partial charge on any atom is 0.191 e. The van der Waals surface area contributed by atoms with Crippen molar-refractivity contribution in [1.29, 1.82) is 0 Å². The number of aliphatic hydroxyl groups is 1. The fraction of sp³-hybridized carbons (Fsp3) is 0.304. The van der Waals surface area contributed by atoms with Crippen LogP contribution in [0.2, 0.25) is 0 Å². The molecule has 1 heterocycles. The van der Waals surface area contributed by atoms with Crippen molar-refractivity contribution in [3.63, 3.8) is 0 Å². The summed E-state index contributed by atoms with van der Waals surface area (Å²) in [5, 5.41) is 21.0. The highest BCUT2D eigenvalue weighted by molar-refractivity contribution is 5.80. The second-order valence-corrected chi connectivity index (χ2v) is 7.05. The molecule has 0 amide bonds. The van der Waals surface area contributed by atoms with Gasteiger partial charge in [-0.05, 0) is 61.9 Å². The average Bonchev–Trinajstić information content (AvgIpc) is 3.32. The molecule has 0 spiro atoms. The molecule has 31 heavy (non-hydrogen) atoms. The molecule has 0 saturated carbocycles. The standard InChI is InChI=1S/C23H28FN5O2/c1-3-25-23(26-15-21(30)16-31-22-10-8-19(24)9-11-22)28-17(2)18-6-4-7-20(14-18)29-13-5-12-27-29/h4-14,17,21,30H,3,15-16H2,1-2H3,(H2,25,26,28). The summed E-state index contributed by atoms with van der Waals surface area (Å²) in [7, 11) is 0. The minimum atomic E-state index is -0.793. The van der Waals surface area contributed by atoms with Crippen molar-refractivity contribution in [3.8, 4) is 11.4 Å². The Morgan fingerprint density at radius 3 is 2.74 bits per heavy atom. The first kappa shape index (κ1) is 22.3. The summed E-state index contributed by atoms with van der Waals surface area (Å²) in [5.41, 5.74) is 2.06. The van der Waals surface area contributed by atoms with Gasteiger partial charge in [-0.3, -0.25) is 4.99 Å². The van der Waals surface area contributed by atoms with Gasteiger partial charge in [-0.15, -0.1) is 0 Å². The third kappa shape index (κ3) is 6.82. The number of ether oxygens (including phenoxy) is 1. The van der Waals surface area contributed by atoms with Gasteiger partial charge in [0.05, 0.1) is 18.3 Å². The fourth-order valence-corrected chi connectivity index (χ4v) is 2.94. The molecule has 0 bridgehead atoms. The smallest absolute Gasteiger partial charge is 0.191 e. The Kier molecular flexibility index (Phi) is 8.00. The van der Waals surface area contributed by atoms with Crippen LogP contribution >= 0.6 is 0 Å². The monoisotopic (exact) mass is 425 g/mol. The molecule has 3 N–H and O–H groups in total. The highest BCUT2D eigenvalue weighted by atomic mass is 19.1. The SMILES string of the molecule is CCNC(=NCC(O)COc1ccc(F)cc1)NC(C)c1cccc(-n2cccn2)c1. The highest BCUT2D eigenvalue weighted by Crippen LogP contribution is 2.16. The summed E-state index contributed by atoms with van der Waals surface area (Å²) >= 11 is 0. The molecule has 2 unspecified atom stereocenters. The van der Waals surface area contributed by atoms with Crippen molar-refractivity contribution in [3.05, 3.63) is 78.4 Å². The Labute approximate surface area is 181 Å². The van der Waals surface area contributed by atoms with Gasteiger partial charge in [0.1, 0.15) is 24.3 Å². The molecule has 0 aliphatic rings. The molecule has 3 aromatic rings. The molecular weight excluding hydrogens is 397 g/mol. The maximum absolute atomic E-state index is 12.9. The normalized spacial score (nSPS) is 13.5. The predicted molar refractivity (Wildman–Crippen MR) is 119 cm³/mol. The number of aromatic nitrogens is 2. The van der Waals surface area contributed by atoms with E-state index in [1.807, 2.05) is 49.0 Å². The summed E-state index contributed by atoms with van der Waals surface area (Å²) in [4.78, 5) is 4.46. The molecule has 8 heteroatoms. The Morgan fingerprint density at radius 2 is 2.03 bits per heavy atom. The van der Waals surface area contributed by atoms with E-state index in [1.54, 1.807) is 6.20 Å². The zero-order valence-corrected chi connectivity index (χ0v) is 17.7. The molecule has 0 saturated heterocycles. The van der Waals surface area contributed by atoms with Crippen LogP contribution in [0.4, 0.5) is 4.39 Å². The Balaban J connectivity index is 1.57. The first-order valence-electron chi connectivity index (χ1n) is 10.3.